The Balaban J connectivity index is 1.24. The lowest BCUT2D eigenvalue weighted by Gasteiger charge is -2.32. The van der Waals surface area contributed by atoms with Crippen molar-refractivity contribution in [1.82, 2.24) is 5.32 Å². The van der Waals surface area contributed by atoms with Gasteiger partial charge in [-0.25, -0.2) is 0 Å². The van der Waals surface area contributed by atoms with Crippen LogP contribution in [0, 0.1) is 29.6 Å². The predicted octanol–water partition coefficient (Wildman–Crippen LogP) is 1.18. The van der Waals surface area contributed by atoms with Crippen LogP contribution in [0.1, 0.15) is 25.7 Å². The molecule has 3 nitrogen and oxygen atoms in total. The highest BCUT2D eigenvalue weighted by atomic mass is 16.5. The predicted molar refractivity (Wildman–Crippen MR) is 65.0 cm³/mol. The van der Waals surface area contributed by atoms with Crippen molar-refractivity contribution in [2.75, 3.05) is 6.61 Å². The summed E-state index contributed by atoms with van der Waals surface area (Å²) in [5, 5.41) is 3.98. The van der Waals surface area contributed by atoms with E-state index in [1.165, 1.54) is 25.7 Å². The largest absolute Gasteiger partial charge is 0.376 e. The molecule has 6 fully saturated rings. The Labute approximate surface area is 108 Å². The van der Waals surface area contributed by atoms with E-state index in [-0.39, 0.29) is 0 Å². The van der Waals surface area contributed by atoms with Crippen LogP contribution in [0.4, 0.5) is 0 Å². The van der Waals surface area contributed by atoms with E-state index >= 15 is 0 Å². The number of fused-ring (bicyclic) bond motifs is 6. The third-order valence-electron chi connectivity index (χ3n) is 6.98. The summed E-state index contributed by atoms with van der Waals surface area (Å²) in [6, 6.07) is 1.30. The van der Waals surface area contributed by atoms with Crippen molar-refractivity contribution in [3.63, 3.8) is 0 Å². The summed E-state index contributed by atoms with van der Waals surface area (Å²) in [6.07, 6.45) is 7.28. The van der Waals surface area contributed by atoms with Gasteiger partial charge in [-0.15, -0.1) is 0 Å². The van der Waals surface area contributed by atoms with Gasteiger partial charge in [0.2, 0.25) is 0 Å². The van der Waals surface area contributed by atoms with E-state index < -0.39 is 0 Å². The van der Waals surface area contributed by atoms with Gasteiger partial charge >= 0.3 is 0 Å². The molecule has 10 atom stereocenters. The summed E-state index contributed by atoms with van der Waals surface area (Å²) in [4.78, 5) is 0. The van der Waals surface area contributed by atoms with E-state index in [9.17, 15) is 0 Å². The van der Waals surface area contributed by atoms with Gasteiger partial charge in [0, 0.05) is 12.1 Å². The van der Waals surface area contributed by atoms with Crippen LogP contribution in [-0.2, 0) is 9.47 Å². The Hall–Kier alpha value is -0.120. The van der Waals surface area contributed by atoms with Gasteiger partial charge in [0.25, 0.3) is 0 Å². The van der Waals surface area contributed by atoms with Crippen LogP contribution >= 0.6 is 0 Å². The van der Waals surface area contributed by atoms with E-state index in [0.717, 1.165) is 36.2 Å². The maximum Gasteiger partial charge on any atom is 0.0764 e. The lowest BCUT2D eigenvalue weighted by Crippen LogP contribution is -2.51. The maximum atomic E-state index is 6.11. The summed E-state index contributed by atoms with van der Waals surface area (Å²) < 4.78 is 12.2. The van der Waals surface area contributed by atoms with Gasteiger partial charge in [0.05, 0.1) is 24.9 Å². The van der Waals surface area contributed by atoms with Crippen molar-refractivity contribution < 1.29 is 9.47 Å². The monoisotopic (exact) mass is 247 g/mol. The van der Waals surface area contributed by atoms with Crippen LogP contribution in [0.25, 0.3) is 0 Å². The molecule has 18 heavy (non-hydrogen) atoms. The van der Waals surface area contributed by atoms with E-state index in [1.54, 1.807) is 0 Å². The topological polar surface area (TPSA) is 30.5 Å². The average Bonchev–Trinajstić information content (AvgIpc) is 2.74. The number of ether oxygens (including phenoxy) is 2. The molecule has 0 amide bonds. The van der Waals surface area contributed by atoms with Gasteiger partial charge in [-0.1, -0.05) is 0 Å². The number of hydrogen-bond acceptors (Lipinski definition) is 3. The number of rotatable bonds is 2. The van der Waals surface area contributed by atoms with Crippen LogP contribution in [0.3, 0.4) is 0 Å². The molecule has 3 heteroatoms. The molecule has 3 heterocycles. The highest BCUT2D eigenvalue weighted by Gasteiger charge is 2.64. The summed E-state index contributed by atoms with van der Waals surface area (Å²) in [7, 11) is 0. The Morgan fingerprint density at radius 1 is 0.833 bits per heavy atom. The molecule has 1 N–H and O–H groups in total. The summed E-state index contributed by atoms with van der Waals surface area (Å²) in [5.74, 6) is 4.56. The minimum absolute atomic E-state index is 0.544. The highest BCUT2D eigenvalue weighted by molar-refractivity contribution is 5.15. The molecule has 1 unspecified atom stereocenters. The van der Waals surface area contributed by atoms with E-state index in [2.05, 4.69) is 5.32 Å². The fraction of sp³-hybridized carbons (Fsp3) is 1.00. The highest BCUT2D eigenvalue weighted by Crippen LogP contribution is 2.59. The van der Waals surface area contributed by atoms with Crippen LogP contribution in [0.15, 0.2) is 0 Å². The van der Waals surface area contributed by atoms with Crippen LogP contribution in [0.2, 0.25) is 0 Å². The quantitative estimate of drug-likeness (QED) is 0.795. The molecular weight excluding hydrogens is 226 g/mol. The molecule has 98 valence electrons. The SMILES string of the molecule is C1O[C@@H]2C(N[C@@H]3C[C@@H]4O[C@H]3[C@H]3C[C@H]34)[C@@H]3C[C@H]1[C@@H]2C3. The Morgan fingerprint density at radius 3 is 2.72 bits per heavy atom. The second kappa shape index (κ2) is 2.97. The maximum absolute atomic E-state index is 6.11. The third-order valence-corrected chi connectivity index (χ3v) is 6.98. The fourth-order valence-corrected chi connectivity index (χ4v) is 6.18. The molecule has 3 aliphatic carbocycles. The number of nitrogens with one attached hydrogen (secondary N) is 1. The summed E-state index contributed by atoms with van der Waals surface area (Å²) in [6.45, 7) is 1.04. The molecule has 0 spiro atoms. The standard InChI is InChI=1S/C15H21NO2/c1-6-2-8-7(1)5-17-15(8)13(6)16-11-4-12-9-3-10(9)14(11)18-12/h6-16H,1-5H2/t6-,7-,8+,9-,10+,11-,12+,13?,14+,15+/m1/s1. The van der Waals surface area contributed by atoms with Crippen LogP contribution in [0.5, 0.6) is 0 Å². The van der Waals surface area contributed by atoms with Crippen molar-refractivity contribution in [2.24, 2.45) is 29.6 Å². The average molecular weight is 247 g/mol. The smallest absolute Gasteiger partial charge is 0.0764 e. The van der Waals surface area contributed by atoms with Crippen LogP contribution < -0.4 is 5.32 Å². The first-order valence-corrected chi connectivity index (χ1v) is 7.91. The van der Waals surface area contributed by atoms with Gasteiger partial charge in [-0.3, -0.25) is 0 Å². The zero-order chi connectivity index (χ0) is 11.4. The first-order valence-electron chi connectivity index (χ1n) is 7.91. The minimum Gasteiger partial charge on any atom is -0.376 e. The second-order valence-electron chi connectivity index (χ2n) is 7.69. The Morgan fingerprint density at radius 2 is 1.83 bits per heavy atom. The Kier molecular flexibility index (Phi) is 1.60. The van der Waals surface area contributed by atoms with Gasteiger partial charge in [0.15, 0.2) is 0 Å². The lowest BCUT2D eigenvalue weighted by molar-refractivity contribution is 0.0495. The first-order chi connectivity index (χ1) is 8.88. The summed E-state index contributed by atoms with van der Waals surface area (Å²) in [5.41, 5.74) is 0. The van der Waals surface area contributed by atoms with Crippen molar-refractivity contribution >= 4 is 0 Å². The van der Waals surface area contributed by atoms with Gasteiger partial charge in [0.1, 0.15) is 0 Å². The van der Waals surface area contributed by atoms with E-state index in [1.807, 2.05) is 0 Å². The summed E-state index contributed by atoms with van der Waals surface area (Å²) >= 11 is 0. The van der Waals surface area contributed by atoms with Crippen molar-refractivity contribution in [3.05, 3.63) is 0 Å². The molecule has 0 aromatic carbocycles. The molecular formula is C15H21NO2. The molecule has 0 aromatic rings. The molecule has 4 bridgehead atoms. The zero-order valence-corrected chi connectivity index (χ0v) is 10.6. The van der Waals surface area contributed by atoms with Gasteiger partial charge in [-0.2, -0.15) is 0 Å². The van der Waals surface area contributed by atoms with Crippen LogP contribution in [-0.4, -0.2) is 37.0 Å². The van der Waals surface area contributed by atoms with E-state index in [0.29, 0.717) is 30.4 Å². The van der Waals surface area contributed by atoms with Gasteiger partial charge < -0.3 is 14.8 Å². The molecule has 3 saturated carbocycles. The zero-order valence-electron chi connectivity index (χ0n) is 10.6. The fourth-order valence-electron chi connectivity index (χ4n) is 6.18. The second-order valence-corrected chi connectivity index (χ2v) is 7.69. The molecule has 6 aliphatic rings. The molecule has 0 aromatic heterocycles. The van der Waals surface area contributed by atoms with Crippen molar-refractivity contribution in [3.8, 4) is 0 Å². The Bertz CT molecular complexity index is 411. The van der Waals surface area contributed by atoms with Gasteiger partial charge in [-0.05, 0) is 55.3 Å². The lowest BCUT2D eigenvalue weighted by atomic mass is 9.85. The normalized spacial score (nSPS) is 70.0. The molecule has 6 rings (SSSR count). The van der Waals surface area contributed by atoms with Crippen molar-refractivity contribution in [1.29, 1.82) is 0 Å². The molecule has 3 aliphatic heterocycles. The molecule has 3 saturated heterocycles. The minimum atomic E-state index is 0.544. The number of hydrogen-bond donors (Lipinski definition) is 1. The molecule has 0 radical (unpaired) electrons. The third kappa shape index (κ3) is 1.01. The van der Waals surface area contributed by atoms with Crippen molar-refractivity contribution in [2.45, 2.75) is 56.1 Å². The van der Waals surface area contributed by atoms with E-state index in [4.69, 9.17) is 9.47 Å². The first kappa shape index (κ1) is 9.73.